The Morgan fingerprint density at radius 1 is 1.35 bits per heavy atom. The molecule has 1 N–H and O–H groups in total. The molecule has 112 valence electrons. The SMILES string of the molecule is CC1CCN(c2ccc(CNC(C)C)c(Cl)c2)C(C)C1. The summed E-state index contributed by atoms with van der Waals surface area (Å²) in [4.78, 5) is 2.49. The molecule has 0 aliphatic carbocycles. The molecule has 1 heterocycles. The molecule has 1 saturated heterocycles. The Labute approximate surface area is 128 Å². The van der Waals surface area contributed by atoms with Gasteiger partial charge < -0.3 is 10.2 Å². The van der Waals surface area contributed by atoms with Gasteiger partial charge in [-0.05, 0) is 43.4 Å². The molecular formula is C17H27ClN2. The minimum absolute atomic E-state index is 0.481. The van der Waals surface area contributed by atoms with Crippen molar-refractivity contribution in [2.24, 2.45) is 5.92 Å². The van der Waals surface area contributed by atoms with E-state index >= 15 is 0 Å². The molecule has 0 spiro atoms. The highest BCUT2D eigenvalue weighted by Gasteiger charge is 2.23. The molecule has 3 heteroatoms. The van der Waals surface area contributed by atoms with Crippen LogP contribution in [0.1, 0.15) is 46.1 Å². The maximum atomic E-state index is 6.44. The van der Waals surface area contributed by atoms with E-state index < -0.39 is 0 Å². The summed E-state index contributed by atoms with van der Waals surface area (Å²) in [6, 6.07) is 7.60. The number of nitrogens with one attached hydrogen (secondary N) is 1. The van der Waals surface area contributed by atoms with Crippen molar-refractivity contribution in [2.75, 3.05) is 11.4 Å². The minimum Gasteiger partial charge on any atom is -0.369 e. The minimum atomic E-state index is 0.481. The summed E-state index contributed by atoms with van der Waals surface area (Å²) in [7, 11) is 0. The van der Waals surface area contributed by atoms with Gasteiger partial charge in [0.1, 0.15) is 0 Å². The van der Waals surface area contributed by atoms with Crippen molar-refractivity contribution >= 4 is 17.3 Å². The Morgan fingerprint density at radius 2 is 2.10 bits per heavy atom. The Morgan fingerprint density at radius 3 is 2.70 bits per heavy atom. The summed E-state index contributed by atoms with van der Waals surface area (Å²) in [6.07, 6.45) is 2.55. The number of benzene rings is 1. The largest absolute Gasteiger partial charge is 0.369 e. The lowest BCUT2D eigenvalue weighted by Gasteiger charge is -2.38. The van der Waals surface area contributed by atoms with E-state index in [0.29, 0.717) is 12.1 Å². The molecule has 1 aliphatic rings. The van der Waals surface area contributed by atoms with Crippen LogP contribution in [0.5, 0.6) is 0 Å². The van der Waals surface area contributed by atoms with Crippen LogP contribution >= 0.6 is 11.6 Å². The normalized spacial score (nSPS) is 23.4. The van der Waals surface area contributed by atoms with Gasteiger partial charge in [0.15, 0.2) is 0 Å². The van der Waals surface area contributed by atoms with Crippen molar-refractivity contribution in [3.05, 3.63) is 28.8 Å². The molecule has 0 amide bonds. The van der Waals surface area contributed by atoms with Crippen LogP contribution in [0.25, 0.3) is 0 Å². The van der Waals surface area contributed by atoms with Crippen LogP contribution in [0, 0.1) is 5.92 Å². The summed E-state index contributed by atoms with van der Waals surface area (Å²) in [5, 5.41) is 4.29. The summed E-state index contributed by atoms with van der Waals surface area (Å²) in [6.45, 7) is 10.9. The first-order valence-electron chi connectivity index (χ1n) is 7.75. The van der Waals surface area contributed by atoms with Crippen molar-refractivity contribution in [2.45, 2.75) is 59.2 Å². The van der Waals surface area contributed by atoms with E-state index in [0.717, 1.165) is 24.0 Å². The molecular weight excluding hydrogens is 268 g/mol. The van der Waals surface area contributed by atoms with Gasteiger partial charge in [0.25, 0.3) is 0 Å². The van der Waals surface area contributed by atoms with Gasteiger partial charge in [-0.2, -0.15) is 0 Å². The molecule has 1 aromatic rings. The molecule has 1 aromatic carbocycles. The van der Waals surface area contributed by atoms with Crippen molar-refractivity contribution in [1.29, 1.82) is 0 Å². The van der Waals surface area contributed by atoms with Crippen LogP contribution < -0.4 is 10.2 Å². The maximum absolute atomic E-state index is 6.44. The molecule has 1 fully saturated rings. The average Bonchev–Trinajstić information content (AvgIpc) is 2.37. The monoisotopic (exact) mass is 294 g/mol. The van der Waals surface area contributed by atoms with Crippen LogP contribution in [-0.2, 0) is 6.54 Å². The highest BCUT2D eigenvalue weighted by atomic mass is 35.5. The second kappa shape index (κ2) is 6.82. The third kappa shape index (κ3) is 3.89. The van der Waals surface area contributed by atoms with Gasteiger partial charge in [0.05, 0.1) is 0 Å². The van der Waals surface area contributed by atoms with Gasteiger partial charge in [0.2, 0.25) is 0 Å². The first-order valence-corrected chi connectivity index (χ1v) is 8.13. The predicted octanol–water partition coefficient (Wildman–Crippen LogP) is 4.46. The zero-order chi connectivity index (χ0) is 14.7. The van der Waals surface area contributed by atoms with E-state index in [-0.39, 0.29) is 0 Å². The number of anilines is 1. The van der Waals surface area contributed by atoms with Gasteiger partial charge in [-0.15, -0.1) is 0 Å². The molecule has 0 aromatic heterocycles. The van der Waals surface area contributed by atoms with E-state index in [1.807, 2.05) is 0 Å². The fraction of sp³-hybridized carbons (Fsp3) is 0.647. The Bertz CT molecular complexity index is 445. The van der Waals surface area contributed by atoms with Crippen molar-refractivity contribution < 1.29 is 0 Å². The third-order valence-corrected chi connectivity index (χ3v) is 4.56. The fourth-order valence-corrected chi connectivity index (χ4v) is 3.20. The average molecular weight is 295 g/mol. The van der Waals surface area contributed by atoms with Crippen LogP contribution in [0.3, 0.4) is 0 Å². The Kier molecular flexibility index (Phi) is 5.34. The lowest BCUT2D eigenvalue weighted by molar-refractivity contribution is 0.378. The number of hydrogen-bond donors (Lipinski definition) is 1. The van der Waals surface area contributed by atoms with Crippen LogP contribution in [0.2, 0.25) is 5.02 Å². The van der Waals surface area contributed by atoms with Crippen molar-refractivity contribution in [3.8, 4) is 0 Å². The number of nitrogens with zero attached hydrogens (tertiary/aromatic N) is 1. The summed E-state index contributed by atoms with van der Waals surface area (Å²) in [5.41, 5.74) is 2.45. The maximum Gasteiger partial charge on any atom is 0.0471 e. The molecule has 20 heavy (non-hydrogen) atoms. The molecule has 2 atom stereocenters. The standard InChI is InChI=1S/C17H27ClN2/c1-12(2)19-11-15-5-6-16(10-17(15)18)20-8-7-13(3)9-14(20)4/h5-6,10,12-14,19H,7-9,11H2,1-4H3. The second-order valence-electron chi connectivity index (χ2n) is 6.48. The summed E-state index contributed by atoms with van der Waals surface area (Å²) >= 11 is 6.44. The fourth-order valence-electron chi connectivity index (χ4n) is 2.96. The van der Waals surface area contributed by atoms with E-state index in [2.05, 4.69) is 56.1 Å². The zero-order valence-electron chi connectivity index (χ0n) is 13.1. The molecule has 2 unspecified atom stereocenters. The predicted molar refractivity (Wildman–Crippen MR) is 88.6 cm³/mol. The third-order valence-electron chi connectivity index (χ3n) is 4.21. The van der Waals surface area contributed by atoms with Crippen molar-refractivity contribution in [3.63, 3.8) is 0 Å². The smallest absolute Gasteiger partial charge is 0.0471 e. The van der Waals surface area contributed by atoms with Crippen LogP contribution in [0.4, 0.5) is 5.69 Å². The molecule has 1 aliphatic heterocycles. The summed E-state index contributed by atoms with van der Waals surface area (Å²) < 4.78 is 0. The van der Waals surface area contributed by atoms with E-state index in [1.165, 1.54) is 24.1 Å². The van der Waals surface area contributed by atoms with Gasteiger partial charge in [0, 0.05) is 35.9 Å². The number of piperidine rings is 1. The van der Waals surface area contributed by atoms with Crippen molar-refractivity contribution in [1.82, 2.24) is 5.32 Å². The second-order valence-corrected chi connectivity index (χ2v) is 6.89. The molecule has 0 bridgehead atoms. The quantitative estimate of drug-likeness (QED) is 0.882. The Hall–Kier alpha value is -0.730. The molecule has 0 radical (unpaired) electrons. The van der Waals surface area contributed by atoms with Gasteiger partial charge in [-0.3, -0.25) is 0 Å². The van der Waals surface area contributed by atoms with Gasteiger partial charge in [-0.25, -0.2) is 0 Å². The number of halogens is 1. The lowest BCUT2D eigenvalue weighted by atomic mass is 9.93. The van der Waals surface area contributed by atoms with E-state index in [4.69, 9.17) is 11.6 Å². The highest BCUT2D eigenvalue weighted by molar-refractivity contribution is 6.31. The first kappa shape index (κ1) is 15.7. The Balaban J connectivity index is 2.08. The lowest BCUT2D eigenvalue weighted by Crippen LogP contribution is -2.40. The summed E-state index contributed by atoms with van der Waals surface area (Å²) in [5.74, 6) is 0.839. The molecule has 2 rings (SSSR count). The van der Waals surface area contributed by atoms with Gasteiger partial charge in [-0.1, -0.05) is 38.4 Å². The van der Waals surface area contributed by atoms with Gasteiger partial charge >= 0.3 is 0 Å². The zero-order valence-corrected chi connectivity index (χ0v) is 13.9. The van der Waals surface area contributed by atoms with Crippen LogP contribution in [0.15, 0.2) is 18.2 Å². The van der Waals surface area contributed by atoms with E-state index in [9.17, 15) is 0 Å². The molecule has 0 saturated carbocycles. The number of rotatable bonds is 4. The van der Waals surface area contributed by atoms with Crippen LogP contribution in [-0.4, -0.2) is 18.6 Å². The highest BCUT2D eigenvalue weighted by Crippen LogP contribution is 2.30. The first-order chi connectivity index (χ1) is 9.47. The number of hydrogen-bond acceptors (Lipinski definition) is 2. The van der Waals surface area contributed by atoms with E-state index in [1.54, 1.807) is 0 Å². The molecule has 2 nitrogen and oxygen atoms in total. The topological polar surface area (TPSA) is 15.3 Å².